The van der Waals surface area contributed by atoms with Gasteiger partial charge in [-0.3, -0.25) is 14.6 Å². The van der Waals surface area contributed by atoms with Crippen LogP contribution in [0.2, 0.25) is 0 Å². The molecule has 0 spiro atoms. The quantitative estimate of drug-likeness (QED) is 0.838. The second-order valence-corrected chi connectivity index (χ2v) is 6.56. The Kier molecular flexibility index (Phi) is 3.86. The highest BCUT2D eigenvalue weighted by Gasteiger charge is 2.46. The standard InChI is InChI=1S/C18H17F2N3O2/c19-16(20)18(25)22-9-12-5-7-23(15(12)10-22)17(24)14-3-1-2-11-8-21-6-4-13(11)14/h1-4,6,8,12,15-16H,5,7,9-10H2. The van der Waals surface area contributed by atoms with Gasteiger partial charge in [-0.15, -0.1) is 0 Å². The van der Waals surface area contributed by atoms with Crippen molar-refractivity contribution >= 4 is 22.6 Å². The molecular weight excluding hydrogens is 328 g/mol. The highest BCUT2D eigenvalue weighted by atomic mass is 19.3. The summed E-state index contributed by atoms with van der Waals surface area (Å²) < 4.78 is 25.3. The van der Waals surface area contributed by atoms with E-state index in [2.05, 4.69) is 4.98 Å². The molecule has 0 radical (unpaired) electrons. The number of rotatable bonds is 2. The van der Waals surface area contributed by atoms with Gasteiger partial charge in [0.15, 0.2) is 0 Å². The van der Waals surface area contributed by atoms with Crippen LogP contribution in [0.4, 0.5) is 8.78 Å². The molecule has 2 unspecified atom stereocenters. The Labute approximate surface area is 143 Å². The SMILES string of the molecule is O=C(C(F)F)N1CC2CCN(C(=O)c3cccc4cnccc34)C2C1. The minimum atomic E-state index is -2.99. The minimum Gasteiger partial charge on any atom is -0.335 e. The molecule has 3 heterocycles. The first-order valence-electron chi connectivity index (χ1n) is 8.27. The molecule has 0 aliphatic carbocycles. The van der Waals surface area contributed by atoms with E-state index in [1.165, 1.54) is 4.90 Å². The fraction of sp³-hybridized carbons (Fsp3) is 0.389. The number of amides is 2. The van der Waals surface area contributed by atoms with Crippen molar-refractivity contribution in [2.45, 2.75) is 18.9 Å². The molecule has 7 heteroatoms. The van der Waals surface area contributed by atoms with Crippen LogP contribution in [-0.4, -0.2) is 58.7 Å². The van der Waals surface area contributed by atoms with E-state index in [-0.39, 0.29) is 24.4 Å². The fourth-order valence-electron chi connectivity index (χ4n) is 4.00. The lowest BCUT2D eigenvalue weighted by Gasteiger charge is -2.25. The Morgan fingerprint density at radius 3 is 2.84 bits per heavy atom. The van der Waals surface area contributed by atoms with Crippen LogP contribution in [0.1, 0.15) is 16.8 Å². The summed E-state index contributed by atoms with van der Waals surface area (Å²) in [6, 6.07) is 7.09. The normalized spacial score (nSPS) is 22.7. The molecule has 0 saturated carbocycles. The van der Waals surface area contributed by atoms with Crippen LogP contribution in [0.25, 0.3) is 10.8 Å². The first-order valence-corrected chi connectivity index (χ1v) is 8.27. The van der Waals surface area contributed by atoms with Crippen LogP contribution in [0.15, 0.2) is 36.7 Å². The van der Waals surface area contributed by atoms with Gasteiger partial charge in [0.05, 0.1) is 6.04 Å². The smallest absolute Gasteiger partial charge is 0.315 e. The lowest BCUT2D eigenvalue weighted by Crippen LogP contribution is -2.41. The van der Waals surface area contributed by atoms with Gasteiger partial charge >= 0.3 is 6.43 Å². The predicted octanol–water partition coefficient (Wildman–Crippen LogP) is 2.17. The van der Waals surface area contributed by atoms with E-state index < -0.39 is 12.3 Å². The molecule has 2 atom stereocenters. The molecule has 1 aromatic heterocycles. The van der Waals surface area contributed by atoms with Crippen molar-refractivity contribution in [2.75, 3.05) is 19.6 Å². The number of alkyl halides is 2. The van der Waals surface area contributed by atoms with Crippen molar-refractivity contribution in [2.24, 2.45) is 5.92 Å². The van der Waals surface area contributed by atoms with Gasteiger partial charge in [-0.25, -0.2) is 0 Å². The van der Waals surface area contributed by atoms with Gasteiger partial charge in [-0.05, 0) is 23.9 Å². The molecule has 0 bridgehead atoms. The van der Waals surface area contributed by atoms with Crippen molar-refractivity contribution in [1.29, 1.82) is 0 Å². The van der Waals surface area contributed by atoms with Crippen LogP contribution in [0, 0.1) is 5.92 Å². The fourth-order valence-corrected chi connectivity index (χ4v) is 4.00. The van der Waals surface area contributed by atoms with Crippen LogP contribution < -0.4 is 0 Å². The van der Waals surface area contributed by atoms with E-state index in [0.29, 0.717) is 18.7 Å². The Hall–Kier alpha value is -2.57. The minimum absolute atomic E-state index is 0.0725. The molecule has 5 nitrogen and oxygen atoms in total. The predicted molar refractivity (Wildman–Crippen MR) is 87.3 cm³/mol. The third-order valence-corrected chi connectivity index (χ3v) is 5.22. The molecule has 0 N–H and O–H groups in total. The molecule has 130 valence electrons. The Balaban J connectivity index is 1.60. The zero-order chi connectivity index (χ0) is 17.6. The third kappa shape index (κ3) is 2.63. The Bertz CT molecular complexity index is 837. The van der Waals surface area contributed by atoms with Gasteiger partial charge < -0.3 is 9.80 Å². The van der Waals surface area contributed by atoms with Gasteiger partial charge in [-0.1, -0.05) is 12.1 Å². The summed E-state index contributed by atoms with van der Waals surface area (Å²) in [5.41, 5.74) is 0.583. The summed E-state index contributed by atoms with van der Waals surface area (Å²) in [5.74, 6) is -1.18. The van der Waals surface area contributed by atoms with E-state index in [4.69, 9.17) is 0 Å². The van der Waals surface area contributed by atoms with Crippen molar-refractivity contribution in [3.05, 3.63) is 42.2 Å². The molecule has 1 aromatic carbocycles. The van der Waals surface area contributed by atoms with Gasteiger partial charge in [0.1, 0.15) is 0 Å². The van der Waals surface area contributed by atoms with E-state index in [0.717, 1.165) is 17.2 Å². The molecule has 2 aliphatic rings. The molecule has 25 heavy (non-hydrogen) atoms. The van der Waals surface area contributed by atoms with Crippen molar-refractivity contribution in [3.8, 4) is 0 Å². The second kappa shape index (κ2) is 6.06. The number of hydrogen-bond donors (Lipinski definition) is 0. The summed E-state index contributed by atoms with van der Waals surface area (Å²) >= 11 is 0. The number of likely N-dealkylation sites (tertiary alicyclic amines) is 2. The second-order valence-electron chi connectivity index (χ2n) is 6.56. The molecule has 2 amide bonds. The van der Waals surface area contributed by atoms with E-state index >= 15 is 0 Å². The first-order chi connectivity index (χ1) is 12.1. The number of aromatic nitrogens is 1. The molecule has 2 aromatic rings. The summed E-state index contributed by atoms with van der Waals surface area (Å²) in [6.45, 7) is 1.08. The molecule has 2 saturated heterocycles. The molecule has 2 fully saturated rings. The summed E-state index contributed by atoms with van der Waals surface area (Å²) in [6.07, 6.45) is 1.09. The van der Waals surface area contributed by atoms with Gasteiger partial charge in [0, 0.05) is 48.9 Å². The first kappa shape index (κ1) is 15.9. The highest BCUT2D eigenvalue weighted by molar-refractivity contribution is 6.07. The zero-order valence-corrected chi connectivity index (χ0v) is 13.4. The largest absolute Gasteiger partial charge is 0.335 e. The van der Waals surface area contributed by atoms with E-state index in [1.54, 1.807) is 29.4 Å². The molecule has 2 aliphatic heterocycles. The molecule has 4 rings (SSSR count). The Morgan fingerprint density at radius 1 is 1.20 bits per heavy atom. The lowest BCUT2D eigenvalue weighted by molar-refractivity contribution is -0.142. The lowest BCUT2D eigenvalue weighted by atomic mass is 10.0. The Morgan fingerprint density at radius 2 is 2.04 bits per heavy atom. The number of carbonyl (C=O) groups is 2. The highest BCUT2D eigenvalue weighted by Crippen LogP contribution is 2.34. The van der Waals surface area contributed by atoms with Crippen LogP contribution in [-0.2, 0) is 4.79 Å². The number of benzene rings is 1. The van der Waals surface area contributed by atoms with Crippen molar-refractivity contribution in [3.63, 3.8) is 0 Å². The van der Waals surface area contributed by atoms with E-state index in [1.807, 2.05) is 12.1 Å². The van der Waals surface area contributed by atoms with Crippen LogP contribution in [0.3, 0.4) is 0 Å². The third-order valence-electron chi connectivity index (χ3n) is 5.22. The van der Waals surface area contributed by atoms with Crippen molar-refractivity contribution < 1.29 is 18.4 Å². The number of halogens is 2. The summed E-state index contributed by atoms with van der Waals surface area (Å²) in [5, 5.41) is 1.70. The molecular formula is C18H17F2N3O2. The monoisotopic (exact) mass is 345 g/mol. The topological polar surface area (TPSA) is 53.5 Å². The van der Waals surface area contributed by atoms with Crippen LogP contribution in [0.5, 0.6) is 0 Å². The number of fused-ring (bicyclic) bond motifs is 2. The summed E-state index contributed by atoms with van der Waals surface area (Å²) in [4.78, 5) is 31.6. The van der Waals surface area contributed by atoms with Gasteiger partial charge in [0.2, 0.25) is 0 Å². The number of hydrogen-bond acceptors (Lipinski definition) is 3. The summed E-state index contributed by atoms with van der Waals surface area (Å²) in [7, 11) is 0. The van der Waals surface area contributed by atoms with E-state index in [9.17, 15) is 18.4 Å². The van der Waals surface area contributed by atoms with Crippen LogP contribution >= 0.6 is 0 Å². The maximum Gasteiger partial charge on any atom is 0.315 e. The maximum absolute atomic E-state index is 13.1. The average Bonchev–Trinajstić information content (AvgIpc) is 3.20. The maximum atomic E-state index is 13.1. The average molecular weight is 345 g/mol. The van der Waals surface area contributed by atoms with Gasteiger partial charge in [0.25, 0.3) is 11.8 Å². The number of pyridine rings is 1. The zero-order valence-electron chi connectivity index (χ0n) is 13.4. The van der Waals surface area contributed by atoms with Crippen molar-refractivity contribution in [1.82, 2.24) is 14.8 Å². The number of carbonyl (C=O) groups excluding carboxylic acids is 2. The number of nitrogens with zero attached hydrogens (tertiary/aromatic N) is 3. The van der Waals surface area contributed by atoms with Gasteiger partial charge in [-0.2, -0.15) is 8.78 Å².